The minimum atomic E-state index is -0.767. The number of esters is 1. The lowest BCUT2D eigenvalue weighted by Gasteiger charge is -2.20. The topological polar surface area (TPSA) is 64.6 Å². The zero-order valence-corrected chi connectivity index (χ0v) is 16.1. The second-order valence-corrected chi connectivity index (χ2v) is 6.52. The Kier molecular flexibility index (Phi) is 6.89. The zero-order chi connectivity index (χ0) is 19.3. The summed E-state index contributed by atoms with van der Waals surface area (Å²) < 4.78 is 10.3. The molecule has 0 aromatic heterocycles. The molecule has 0 aliphatic heterocycles. The fraction of sp³-hybridized carbons (Fsp3) is 0.263. The third kappa shape index (κ3) is 5.13. The summed E-state index contributed by atoms with van der Waals surface area (Å²) in [5.74, 6) is -0.390. The summed E-state index contributed by atoms with van der Waals surface area (Å²) in [6.45, 7) is 3.44. The van der Waals surface area contributed by atoms with Gasteiger partial charge < -0.3 is 14.8 Å². The number of hydrogen-bond acceptors (Lipinski definition) is 4. The van der Waals surface area contributed by atoms with Gasteiger partial charge in [-0.3, -0.25) is 4.79 Å². The van der Waals surface area contributed by atoms with Crippen molar-refractivity contribution < 1.29 is 19.1 Å². The first kappa shape index (κ1) is 20.1. The first-order chi connectivity index (χ1) is 12.3. The van der Waals surface area contributed by atoms with E-state index in [2.05, 4.69) is 10.1 Å². The van der Waals surface area contributed by atoms with Gasteiger partial charge in [-0.15, -0.1) is 0 Å². The van der Waals surface area contributed by atoms with Crippen molar-refractivity contribution in [1.29, 1.82) is 0 Å². The van der Waals surface area contributed by atoms with Crippen LogP contribution in [0.5, 0.6) is 5.75 Å². The molecule has 0 spiro atoms. The maximum Gasteiger partial charge on any atom is 0.337 e. The van der Waals surface area contributed by atoms with Crippen LogP contribution in [0.4, 0.5) is 0 Å². The summed E-state index contributed by atoms with van der Waals surface area (Å²) in [4.78, 5) is 24.0. The van der Waals surface area contributed by atoms with Gasteiger partial charge in [0.15, 0.2) is 6.10 Å². The predicted octanol–water partition coefficient (Wildman–Crippen LogP) is 4.42. The predicted molar refractivity (Wildman–Crippen MR) is 101 cm³/mol. The lowest BCUT2D eigenvalue weighted by atomic mass is 10.1. The van der Waals surface area contributed by atoms with Crippen molar-refractivity contribution in [3.8, 4) is 5.75 Å². The highest BCUT2D eigenvalue weighted by molar-refractivity contribution is 6.35. The van der Waals surface area contributed by atoms with Crippen LogP contribution in [0.3, 0.4) is 0 Å². The first-order valence-corrected chi connectivity index (χ1v) is 8.67. The summed E-state index contributed by atoms with van der Waals surface area (Å²) >= 11 is 12.1. The highest BCUT2D eigenvalue weighted by Crippen LogP contribution is 2.26. The highest BCUT2D eigenvalue weighted by Gasteiger charge is 2.19. The Morgan fingerprint density at radius 3 is 2.46 bits per heavy atom. The molecule has 1 amide bonds. The Labute approximate surface area is 162 Å². The molecule has 0 radical (unpaired) electrons. The van der Waals surface area contributed by atoms with Crippen molar-refractivity contribution in [2.24, 2.45) is 0 Å². The molecule has 0 unspecified atom stereocenters. The average Bonchev–Trinajstić information content (AvgIpc) is 2.60. The van der Waals surface area contributed by atoms with E-state index in [4.69, 9.17) is 27.9 Å². The Hall–Kier alpha value is -2.24. The molecule has 0 fully saturated rings. The van der Waals surface area contributed by atoms with Gasteiger partial charge in [-0.2, -0.15) is 0 Å². The third-order valence-electron chi connectivity index (χ3n) is 3.72. The van der Waals surface area contributed by atoms with Crippen LogP contribution in [-0.2, 0) is 9.53 Å². The van der Waals surface area contributed by atoms with E-state index >= 15 is 0 Å². The molecule has 0 saturated heterocycles. The molecule has 0 bridgehead atoms. The van der Waals surface area contributed by atoms with E-state index < -0.39 is 12.1 Å². The van der Waals surface area contributed by atoms with Crippen molar-refractivity contribution in [2.75, 3.05) is 7.11 Å². The lowest BCUT2D eigenvalue weighted by Crippen LogP contribution is -2.37. The van der Waals surface area contributed by atoms with Crippen LogP contribution in [0.2, 0.25) is 10.0 Å². The number of benzene rings is 2. The maximum absolute atomic E-state index is 12.4. The van der Waals surface area contributed by atoms with Crippen LogP contribution in [-0.4, -0.2) is 25.1 Å². The van der Waals surface area contributed by atoms with Gasteiger partial charge in [-0.05, 0) is 49.7 Å². The van der Waals surface area contributed by atoms with Gasteiger partial charge in [-0.25, -0.2) is 4.79 Å². The van der Waals surface area contributed by atoms with Crippen molar-refractivity contribution in [3.05, 3.63) is 63.6 Å². The third-order valence-corrected chi connectivity index (χ3v) is 4.29. The van der Waals surface area contributed by atoms with Crippen molar-refractivity contribution in [2.45, 2.75) is 26.0 Å². The molecule has 0 aliphatic carbocycles. The molecule has 26 heavy (non-hydrogen) atoms. The van der Waals surface area contributed by atoms with Crippen molar-refractivity contribution >= 4 is 35.1 Å². The average molecular weight is 396 g/mol. The summed E-state index contributed by atoms with van der Waals surface area (Å²) in [5, 5.41) is 3.85. The zero-order valence-electron chi connectivity index (χ0n) is 14.6. The summed E-state index contributed by atoms with van der Waals surface area (Å²) in [6, 6.07) is 11.2. The molecular weight excluding hydrogens is 377 g/mol. The summed E-state index contributed by atoms with van der Waals surface area (Å²) in [6.07, 6.45) is -0.767. The van der Waals surface area contributed by atoms with Crippen LogP contribution < -0.4 is 10.1 Å². The molecule has 2 rings (SSSR count). The monoisotopic (exact) mass is 395 g/mol. The Morgan fingerprint density at radius 2 is 1.81 bits per heavy atom. The van der Waals surface area contributed by atoms with Gasteiger partial charge in [0.25, 0.3) is 5.91 Å². The number of amides is 1. The number of nitrogens with one attached hydrogen (secondary N) is 1. The van der Waals surface area contributed by atoms with Gasteiger partial charge in [0, 0.05) is 10.0 Å². The van der Waals surface area contributed by atoms with E-state index in [0.29, 0.717) is 21.4 Å². The summed E-state index contributed by atoms with van der Waals surface area (Å²) in [7, 11) is 1.30. The van der Waals surface area contributed by atoms with E-state index in [-0.39, 0.29) is 11.9 Å². The van der Waals surface area contributed by atoms with Crippen LogP contribution in [0.25, 0.3) is 0 Å². The molecule has 2 aromatic rings. The molecule has 1 N–H and O–H groups in total. The quantitative estimate of drug-likeness (QED) is 0.734. The van der Waals surface area contributed by atoms with Crippen molar-refractivity contribution in [3.63, 3.8) is 0 Å². The fourth-order valence-corrected chi connectivity index (χ4v) is 2.91. The number of carbonyl (C=O) groups excluding carboxylic acids is 2. The lowest BCUT2D eigenvalue weighted by molar-refractivity contribution is -0.127. The largest absolute Gasteiger partial charge is 0.481 e. The van der Waals surface area contributed by atoms with Gasteiger partial charge in [0.05, 0.1) is 18.7 Å². The Balaban J connectivity index is 2.02. The standard InChI is InChI=1S/C19H19Cl2NO4/c1-11(16-8-7-14(20)10-17(16)21)22-18(23)12(2)26-15-6-4-5-13(9-15)19(24)25-3/h4-12H,1-3H3,(H,22,23)/t11-,12-/m0/s1. The fourth-order valence-electron chi connectivity index (χ4n) is 2.33. The van der Waals surface area contributed by atoms with Gasteiger partial charge >= 0.3 is 5.97 Å². The van der Waals surface area contributed by atoms with E-state index in [0.717, 1.165) is 5.56 Å². The maximum atomic E-state index is 12.4. The van der Waals surface area contributed by atoms with Crippen molar-refractivity contribution in [1.82, 2.24) is 5.32 Å². The highest BCUT2D eigenvalue weighted by atomic mass is 35.5. The number of ether oxygens (including phenoxy) is 2. The molecule has 0 heterocycles. The molecule has 7 heteroatoms. The Morgan fingerprint density at radius 1 is 1.08 bits per heavy atom. The molecule has 0 aliphatic rings. The number of rotatable bonds is 6. The molecular formula is C19H19Cl2NO4. The van der Waals surface area contributed by atoms with Gasteiger partial charge in [0.1, 0.15) is 5.75 Å². The molecule has 2 atom stereocenters. The first-order valence-electron chi connectivity index (χ1n) is 7.92. The van der Waals surface area contributed by atoms with E-state index in [9.17, 15) is 9.59 Å². The molecule has 2 aromatic carbocycles. The van der Waals surface area contributed by atoms with Crippen LogP contribution in [0, 0.1) is 0 Å². The molecule has 5 nitrogen and oxygen atoms in total. The van der Waals surface area contributed by atoms with Crippen LogP contribution in [0.15, 0.2) is 42.5 Å². The Bertz CT molecular complexity index is 810. The smallest absolute Gasteiger partial charge is 0.337 e. The number of methoxy groups -OCH3 is 1. The van der Waals surface area contributed by atoms with Crippen LogP contribution in [0.1, 0.15) is 35.8 Å². The number of carbonyl (C=O) groups is 2. The van der Waals surface area contributed by atoms with Gasteiger partial charge in [0.2, 0.25) is 0 Å². The summed E-state index contributed by atoms with van der Waals surface area (Å²) in [5.41, 5.74) is 1.10. The number of halogens is 2. The SMILES string of the molecule is COC(=O)c1cccc(O[C@@H](C)C(=O)N[C@@H](C)c2ccc(Cl)cc2Cl)c1. The van der Waals surface area contributed by atoms with Crippen LogP contribution >= 0.6 is 23.2 Å². The minimum Gasteiger partial charge on any atom is -0.481 e. The molecule has 0 saturated carbocycles. The second kappa shape index (κ2) is 8.92. The van der Waals surface area contributed by atoms with Gasteiger partial charge in [-0.1, -0.05) is 35.3 Å². The van der Waals surface area contributed by atoms with E-state index in [1.54, 1.807) is 43.3 Å². The molecule has 138 valence electrons. The second-order valence-electron chi connectivity index (χ2n) is 5.68. The van der Waals surface area contributed by atoms with E-state index in [1.165, 1.54) is 13.2 Å². The normalized spacial score (nSPS) is 12.8. The number of hydrogen-bond donors (Lipinski definition) is 1. The van der Waals surface area contributed by atoms with E-state index in [1.807, 2.05) is 6.92 Å². The minimum absolute atomic E-state index is 0.313.